The zero-order chi connectivity index (χ0) is 13.9. The van der Waals surface area contributed by atoms with Gasteiger partial charge in [0.25, 0.3) is 5.69 Å². The van der Waals surface area contributed by atoms with E-state index in [1.807, 2.05) is 0 Å². The van der Waals surface area contributed by atoms with Crippen LogP contribution in [-0.2, 0) is 9.53 Å². The predicted octanol–water partition coefficient (Wildman–Crippen LogP) is 2.79. The smallest absolute Gasteiger partial charge is 0.327 e. The van der Waals surface area contributed by atoms with Gasteiger partial charge in [-0.25, -0.2) is 0 Å². The Morgan fingerprint density at radius 2 is 2.28 bits per heavy atom. The SMILES string of the molecule is COC(=O)C(C#N)c1cc(Br)c(Cl)cc1[N+](=O)[O-]. The molecule has 0 N–H and O–H groups in total. The molecule has 0 aliphatic carbocycles. The molecular weight excluding hydrogens is 327 g/mol. The number of hydrogen-bond donors (Lipinski definition) is 0. The Labute approximate surface area is 115 Å². The van der Waals surface area contributed by atoms with E-state index >= 15 is 0 Å². The van der Waals surface area contributed by atoms with Gasteiger partial charge in [0.2, 0.25) is 0 Å². The minimum Gasteiger partial charge on any atom is -0.468 e. The van der Waals surface area contributed by atoms with Crippen LogP contribution in [0.25, 0.3) is 0 Å². The highest BCUT2D eigenvalue weighted by molar-refractivity contribution is 9.10. The third kappa shape index (κ3) is 2.78. The number of esters is 1. The number of halogens is 2. The second-order valence-corrected chi connectivity index (χ2v) is 4.43. The van der Waals surface area contributed by atoms with E-state index in [0.29, 0.717) is 4.47 Å². The zero-order valence-electron chi connectivity index (χ0n) is 9.02. The Bertz CT molecular complexity index is 556. The van der Waals surface area contributed by atoms with Crippen LogP contribution in [0.5, 0.6) is 0 Å². The number of ether oxygens (including phenoxy) is 1. The number of carbonyl (C=O) groups is 1. The van der Waals surface area contributed by atoms with E-state index < -0.39 is 22.5 Å². The third-order valence-electron chi connectivity index (χ3n) is 2.14. The van der Waals surface area contributed by atoms with Gasteiger partial charge < -0.3 is 4.74 Å². The van der Waals surface area contributed by atoms with Crippen molar-refractivity contribution in [1.29, 1.82) is 5.26 Å². The fourth-order valence-electron chi connectivity index (χ4n) is 1.31. The molecule has 1 atom stereocenters. The zero-order valence-corrected chi connectivity index (χ0v) is 11.4. The van der Waals surface area contributed by atoms with Crippen molar-refractivity contribution in [3.8, 4) is 6.07 Å². The van der Waals surface area contributed by atoms with Crippen LogP contribution >= 0.6 is 27.5 Å². The van der Waals surface area contributed by atoms with E-state index in [1.165, 1.54) is 6.07 Å². The van der Waals surface area contributed by atoms with Crippen LogP contribution in [0.15, 0.2) is 16.6 Å². The van der Waals surface area contributed by atoms with E-state index in [9.17, 15) is 14.9 Å². The van der Waals surface area contributed by atoms with Crippen LogP contribution in [0.3, 0.4) is 0 Å². The molecule has 1 rings (SSSR count). The first kappa shape index (κ1) is 14.4. The molecule has 1 aromatic carbocycles. The summed E-state index contributed by atoms with van der Waals surface area (Å²) >= 11 is 8.82. The molecule has 0 amide bonds. The number of hydrogen-bond acceptors (Lipinski definition) is 5. The Hall–Kier alpha value is -1.65. The number of nitro benzene ring substituents is 1. The van der Waals surface area contributed by atoms with Crippen LogP contribution < -0.4 is 0 Å². The van der Waals surface area contributed by atoms with Crippen LogP contribution in [0.4, 0.5) is 5.69 Å². The topological polar surface area (TPSA) is 93.2 Å². The van der Waals surface area contributed by atoms with Crippen molar-refractivity contribution in [1.82, 2.24) is 0 Å². The minimum absolute atomic E-state index is 0.0642. The lowest BCUT2D eigenvalue weighted by Gasteiger charge is -2.09. The first-order valence-corrected chi connectivity index (χ1v) is 5.70. The summed E-state index contributed by atoms with van der Waals surface area (Å²) in [5.41, 5.74) is -0.467. The van der Waals surface area contributed by atoms with Crippen LogP contribution in [0.1, 0.15) is 11.5 Å². The molecule has 0 spiro atoms. The van der Waals surface area contributed by atoms with Crippen molar-refractivity contribution in [2.45, 2.75) is 5.92 Å². The van der Waals surface area contributed by atoms with Gasteiger partial charge in [0.05, 0.1) is 28.7 Å². The third-order valence-corrected chi connectivity index (χ3v) is 3.34. The molecule has 0 heterocycles. The van der Waals surface area contributed by atoms with Gasteiger partial charge in [0.15, 0.2) is 5.92 Å². The number of nitriles is 1. The average Bonchev–Trinajstić information content (AvgIpc) is 2.33. The second kappa shape index (κ2) is 5.80. The van der Waals surface area contributed by atoms with E-state index in [4.69, 9.17) is 16.9 Å². The van der Waals surface area contributed by atoms with Gasteiger partial charge in [-0.15, -0.1) is 0 Å². The summed E-state index contributed by atoms with van der Waals surface area (Å²) in [4.78, 5) is 21.6. The maximum atomic E-state index is 11.4. The summed E-state index contributed by atoms with van der Waals surface area (Å²) < 4.78 is 4.79. The van der Waals surface area contributed by atoms with Gasteiger partial charge in [-0.3, -0.25) is 14.9 Å². The molecule has 0 fully saturated rings. The number of methoxy groups -OCH3 is 1. The fraction of sp³-hybridized carbons (Fsp3) is 0.200. The maximum absolute atomic E-state index is 11.4. The average molecular weight is 334 g/mol. The molecule has 18 heavy (non-hydrogen) atoms. The Morgan fingerprint density at radius 3 is 2.72 bits per heavy atom. The number of carbonyl (C=O) groups excluding carboxylic acids is 1. The second-order valence-electron chi connectivity index (χ2n) is 3.17. The minimum atomic E-state index is -1.37. The van der Waals surface area contributed by atoms with Gasteiger partial charge in [-0.2, -0.15) is 5.26 Å². The molecule has 0 bridgehead atoms. The first-order chi connectivity index (χ1) is 8.42. The molecule has 0 radical (unpaired) electrons. The molecular formula is C10H6BrClN2O4. The van der Waals surface area contributed by atoms with Crippen molar-refractivity contribution in [2.24, 2.45) is 0 Å². The molecule has 94 valence electrons. The summed E-state index contributed by atoms with van der Waals surface area (Å²) in [6, 6.07) is 4.01. The van der Waals surface area contributed by atoms with Crippen molar-refractivity contribution < 1.29 is 14.5 Å². The largest absolute Gasteiger partial charge is 0.468 e. The maximum Gasteiger partial charge on any atom is 0.327 e. The summed E-state index contributed by atoms with van der Waals surface area (Å²) in [6.45, 7) is 0. The summed E-state index contributed by atoms with van der Waals surface area (Å²) in [7, 11) is 1.10. The van der Waals surface area contributed by atoms with E-state index in [1.54, 1.807) is 6.07 Å². The summed E-state index contributed by atoms with van der Waals surface area (Å²) in [5, 5.41) is 19.9. The van der Waals surface area contributed by atoms with E-state index in [-0.39, 0.29) is 10.6 Å². The summed E-state index contributed by atoms with van der Waals surface area (Å²) in [5.74, 6) is -2.24. The normalized spacial score (nSPS) is 11.4. The van der Waals surface area contributed by atoms with Gasteiger partial charge in [-0.1, -0.05) is 11.6 Å². The number of nitro groups is 1. The van der Waals surface area contributed by atoms with Crippen LogP contribution in [0, 0.1) is 21.4 Å². The summed E-state index contributed by atoms with van der Waals surface area (Å²) in [6.07, 6.45) is 0. The van der Waals surface area contributed by atoms with Gasteiger partial charge >= 0.3 is 5.97 Å². The monoisotopic (exact) mass is 332 g/mol. The predicted molar refractivity (Wildman–Crippen MR) is 66.2 cm³/mol. The molecule has 0 aliphatic heterocycles. The number of rotatable bonds is 3. The van der Waals surface area contributed by atoms with E-state index in [2.05, 4.69) is 20.7 Å². The van der Waals surface area contributed by atoms with Gasteiger partial charge in [-0.05, 0) is 22.0 Å². The lowest BCUT2D eigenvalue weighted by atomic mass is 9.99. The quantitative estimate of drug-likeness (QED) is 0.481. The fourth-order valence-corrected chi connectivity index (χ4v) is 1.83. The van der Waals surface area contributed by atoms with Crippen LogP contribution in [-0.4, -0.2) is 18.0 Å². The lowest BCUT2D eigenvalue weighted by molar-refractivity contribution is -0.385. The number of nitrogens with zero attached hydrogens (tertiary/aromatic N) is 2. The molecule has 0 aromatic heterocycles. The highest BCUT2D eigenvalue weighted by atomic mass is 79.9. The lowest BCUT2D eigenvalue weighted by Crippen LogP contribution is -2.14. The van der Waals surface area contributed by atoms with Crippen LogP contribution in [0.2, 0.25) is 5.02 Å². The van der Waals surface area contributed by atoms with Crippen molar-refractivity contribution >= 4 is 39.2 Å². The number of benzene rings is 1. The highest BCUT2D eigenvalue weighted by Crippen LogP contribution is 2.35. The van der Waals surface area contributed by atoms with Gasteiger partial charge in [0, 0.05) is 10.5 Å². The van der Waals surface area contributed by atoms with Crippen molar-refractivity contribution in [3.63, 3.8) is 0 Å². The van der Waals surface area contributed by atoms with Crippen molar-refractivity contribution in [3.05, 3.63) is 37.3 Å². The standard InChI is InChI=1S/C10H6BrClN2O4/c1-18-10(15)6(4-13)5-2-7(11)8(12)3-9(5)14(16)17/h2-3,6H,1H3. The molecule has 6 nitrogen and oxygen atoms in total. The molecule has 0 saturated heterocycles. The molecule has 1 aromatic rings. The van der Waals surface area contributed by atoms with Crippen molar-refractivity contribution in [2.75, 3.05) is 7.11 Å². The Balaban J connectivity index is 3.47. The van der Waals surface area contributed by atoms with E-state index in [0.717, 1.165) is 13.2 Å². The van der Waals surface area contributed by atoms with Gasteiger partial charge in [0.1, 0.15) is 0 Å². The highest BCUT2D eigenvalue weighted by Gasteiger charge is 2.30. The Kier molecular flexibility index (Phi) is 4.64. The molecule has 1 unspecified atom stereocenters. The molecule has 0 aliphatic rings. The molecule has 8 heteroatoms. The molecule has 0 saturated carbocycles. The Morgan fingerprint density at radius 1 is 1.67 bits per heavy atom. The first-order valence-electron chi connectivity index (χ1n) is 4.53.